The smallest absolute Gasteiger partial charge is 0.303 e. The SMILES string of the molecule is CC/C(=C(/c1ccc(OCCN)cc1)c1ccc2c(cnn2C2CCCCO2)c1)c1ccccc1.CC/C(=C(/c1ccc(OCCN)cc1)c1ccc2c(cnn2C2CCCCO2)c1)c1ccccc1.O=C(O)CCC(=O)O. The average Bonchev–Trinajstić information content (AvgIpc) is 4.28. The summed E-state index contributed by atoms with van der Waals surface area (Å²) in [5.74, 6) is -0.485. The maximum Gasteiger partial charge on any atom is 0.303 e. The first kappa shape index (κ1) is 56.3. The summed E-state index contributed by atoms with van der Waals surface area (Å²) in [7, 11) is 0. The number of nitrogens with two attached hydrogens (primary N) is 2. The number of carboxylic acid groups (broad SMARTS) is 2. The zero-order chi connectivity index (χ0) is 54.6. The molecule has 0 aliphatic carbocycles. The van der Waals surface area contributed by atoms with E-state index in [1.54, 1.807) is 0 Å². The minimum absolute atomic E-state index is 0.0266. The fourth-order valence-corrected chi connectivity index (χ4v) is 10.1. The molecule has 0 amide bonds. The van der Waals surface area contributed by atoms with Crippen LogP contribution < -0.4 is 20.9 Å². The van der Waals surface area contributed by atoms with Gasteiger partial charge in [-0.05, 0) is 156 Å². The number of hydrogen-bond donors (Lipinski definition) is 4. The van der Waals surface area contributed by atoms with Crippen molar-refractivity contribution in [2.45, 2.75) is 90.5 Å². The highest BCUT2D eigenvalue weighted by Gasteiger charge is 2.22. The molecule has 14 heteroatoms. The van der Waals surface area contributed by atoms with Crippen molar-refractivity contribution >= 4 is 56.0 Å². The minimum Gasteiger partial charge on any atom is -0.492 e. The lowest BCUT2D eigenvalue weighted by Crippen LogP contribution is -2.18. The average molecular weight is 1050 g/mol. The molecule has 10 rings (SSSR count). The van der Waals surface area contributed by atoms with Crippen LogP contribution in [0.4, 0.5) is 0 Å². The molecule has 2 fully saturated rings. The summed E-state index contributed by atoms with van der Waals surface area (Å²) in [6.07, 6.45) is 11.9. The van der Waals surface area contributed by atoms with Gasteiger partial charge in [0, 0.05) is 37.1 Å². The maximum atomic E-state index is 9.64. The molecule has 2 aromatic heterocycles. The summed E-state index contributed by atoms with van der Waals surface area (Å²) in [5.41, 5.74) is 25.7. The number of carbonyl (C=O) groups is 2. The highest BCUT2D eigenvalue weighted by atomic mass is 16.5. The molecular formula is C64H72N6O8. The van der Waals surface area contributed by atoms with Gasteiger partial charge in [-0.15, -0.1) is 0 Å². The number of aromatic nitrogens is 4. The fourth-order valence-electron chi connectivity index (χ4n) is 10.1. The Morgan fingerprint density at radius 1 is 0.526 bits per heavy atom. The fraction of sp³-hybridized carbons (Fsp3) is 0.312. The molecule has 2 saturated heterocycles. The summed E-state index contributed by atoms with van der Waals surface area (Å²) in [6, 6.07) is 51.3. The molecule has 0 spiro atoms. The molecule has 2 aliphatic heterocycles. The highest BCUT2D eigenvalue weighted by molar-refractivity contribution is 6.01. The van der Waals surface area contributed by atoms with E-state index in [4.69, 9.17) is 50.8 Å². The lowest BCUT2D eigenvalue weighted by atomic mass is 9.88. The number of ether oxygens (including phenoxy) is 4. The van der Waals surface area contributed by atoms with Gasteiger partial charge in [0.2, 0.25) is 0 Å². The van der Waals surface area contributed by atoms with Crippen molar-refractivity contribution in [3.05, 3.63) is 191 Å². The predicted molar refractivity (Wildman–Crippen MR) is 309 cm³/mol. The predicted octanol–water partition coefficient (Wildman–Crippen LogP) is 12.8. The van der Waals surface area contributed by atoms with E-state index in [0.717, 1.165) is 96.2 Å². The molecule has 406 valence electrons. The van der Waals surface area contributed by atoms with Gasteiger partial charge >= 0.3 is 11.9 Å². The largest absolute Gasteiger partial charge is 0.492 e. The first-order valence-corrected chi connectivity index (χ1v) is 27.2. The van der Waals surface area contributed by atoms with Crippen LogP contribution >= 0.6 is 0 Å². The quantitative estimate of drug-likeness (QED) is 0.0560. The summed E-state index contributed by atoms with van der Waals surface area (Å²) in [6.45, 7) is 8.07. The third kappa shape index (κ3) is 14.6. The third-order valence-corrected chi connectivity index (χ3v) is 13.8. The van der Waals surface area contributed by atoms with E-state index in [1.165, 1.54) is 57.4 Å². The Morgan fingerprint density at radius 3 is 1.24 bits per heavy atom. The van der Waals surface area contributed by atoms with E-state index in [0.29, 0.717) is 26.3 Å². The number of nitrogens with zero attached hydrogens (tertiary/aromatic N) is 4. The Balaban J connectivity index is 0.000000181. The van der Waals surface area contributed by atoms with Gasteiger partial charge in [-0.25, -0.2) is 9.36 Å². The number of allylic oxidation sites excluding steroid dienone is 2. The van der Waals surface area contributed by atoms with Crippen molar-refractivity contribution in [3.8, 4) is 11.5 Å². The molecular weight excluding hydrogens is 981 g/mol. The second-order valence-electron chi connectivity index (χ2n) is 19.1. The van der Waals surface area contributed by atoms with Gasteiger partial charge in [0.25, 0.3) is 0 Å². The van der Waals surface area contributed by atoms with Crippen molar-refractivity contribution in [2.24, 2.45) is 11.5 Å². The van der Waals surface area contributed by atoms with Gasteiger partial charge in [-0.3, -0.25) is 9.59 Å². The Morgan fingerprint density at radius 2 is 0.910 bits per heavy atom. The van der Waals surface area contributed by atoms with E-state index in [2.05, 4.69) is 135 Å². The Labute approximate surface area is 456 Å². The van der Waals surface area contributed by atoms with Crippen molar-refractivity contribution in [1.29, 1.82) is 0 Å². The van der Waals surface area contributed by atoms with Crippen LogP contribution in [0, 0.1) is 0 Å². The molecule has 8 aromatic rings. The minimum atomic E-state index is -1.08. The zero-order valence-corrected chi connectivity index (χ0v) is 44.8. The molecule has 0 bridgehead atoms. The van der Waals surface area contributed by atoms with Crippen LogP contribution in [0.15, 0.2) is 158 Å². The summed E-state index contributed by atoms with van der Waals surface area (Å²) < 4.78 is 27.5. The number of rotatable bonds is 19. The third-order valence-electron chi connectivity index (χ3n) is 13.8. The lowest BCUT2D eigenvalue weighted by Gasteiger charge is -2.23. The van der Waals surface area contributed by atoms with E-state index in [1.807, 2.05) is 46.0 Å². The van der Waals surface area contributed by atoms with Gasteiger partial charge in [0.05, 0.1) is 36.3 Å². The first-order valence-electron chi connectivity index (χ1n) is 27.2. The van der Waals surface area contributed by atoms with Crippen LogP contribution in [0.5, 0.6) is 11.5 Å². The molecule has 78 heavy (non-hydrogen) atoms. The van der Waals surface area contributed by atoms with Crippen LogP contribution in [0.1, 0.15) is 124 Å². The molecule has 2 aliphatic rings. The van der Waals surface area contributed by atoms with Crippen LogP contribution in [0.2, 0.25) is 0 Å². The summed E-state index contributed by atoms with van der Waals surface area (Å²) in [5, 5.41) is 27.5. The lowest BCUT2D eigenvalue weighted by molar-refractivity contribution is -0.143. The van der Waals surface area contributed by atoms with E-state index in [-0.39, 0.29) is 25.3 Å². The molecule has 6 N–H and O–H groups in total. The van der Waals surface area contributed by atoms with Crippen LogP contribution in [-0.2, 0) is 19.1 Å². The second kappa shape index (κ2) is 28.5. The van der Waals surface area contributed by atoms with Crippen molar-refractivity contribution < 1.29 is 38.7 Å². The van der Waals surface area contributed by atoms with Gasteiger partial charge in [0.15, 0.2) is 12.5 Å². The van der Waals surface area contributed by atoms with Crippen molar-refractivity contribution in [1.82, 2.24) is 19.6 Å². The molecule has 0 radical (unpaired) electrons. The van der Waals surface area contributed by atoms with E-state index in [9.17, 15) is 9.59 Å². The van der Waals surface area contributed by atoms with Gasteiger partial charge < -0.3 is 40.6 Å². The molecule has 0 saturated carbocycles. The van der Waals surface area contributed by atoms with Crippen molar-refractivity contribution in [3.63, 3.8) is 0 Å². The maximum absolute atomic E-state index is 9.64. The molecule has 14 nitrogen and oxygen atoms in total. The normalized spacial score (nSPS) is 15.9. The summed E-state index contributed by atoms with van der Waals surface area (Å²) >= 11 is 0. The van der Waals surface area contributed by atoms with Gasteiger partial charge in [-0.2, -0.15) is 10.2 Å². The first-order chi connectivity index (χ1) is 38.2. The van der Waals surface area contributed by atoms with Crippen LogP contribution in [-0.4, -0.2) is 81.2 Å². The number of carboxylic acids is 2. The standard InChI is InChI=1S/2C30H33N3O2.C4H6O4/c2*1-2-27(22-8-4-3-5-9-22)30(23-11-14-26(15-12-23)34-19-17-31)24-13-16-28-25(20-24)21-32-33(28)29-10-6-7-18-35-29;5-3(6)1-2-4(7)8/h2*3-5,8-9,11-16,20-21,29H,2,6-7,10,17-19,31H2,1H3;1-2H2,(H,5,6)(H,7,8)/b2*30-27+;. The zero-order valence-electron chi connectivity index (χ0n) is 44.8. The number of fused-ring (bicyclic) bond motifs is 2. The Kier molecular flexibility index (Phi) is 20.6. The molecule has 6 aromatic carbocycles. The monoisotopic (exact) mass is 1050 g/mol. The van der Waals surface area contributed by atoms with Crippen LogP contribution in [0.25, 0.3) is 44.1 Å². The number of hydrogen-bond acceptors (Lipinski definition) is 10. The van der Waals surface area contributed by atoms with Gasteiger partial charge in [-0.1, -0.05) is 111 Å². The van der Waals surface area contributed by atoms with E-state index < -0.39 is 11.9 Å². The Bertz CT molecular complexity index is 3030. The van der Waals surface area contributed by atoms with E-state index >= 15 is 0 Å². The molecule has 4 heterocycles. The highest BCUT2D eigenvalue weighted by Crippen LogP contribution is 2.39. The van der Waals surface area contributed by atoms with Gasteiger partial charge in [0.1, 0.15) is 24.7 Å². The molecule has 2 unspecified atom stereocenters. The topological polar surface area (TPSA) is 199 Å². The summed E-state index contributed by atoms with van der Waals surface area (Å²) in [4.78, 5) is 19.3. The van der Waals surface area contributed by atoms with Crippen LogP contribution in [0.3, 0.4) is 0 Å². The molecule has 2 atom stereocenters. The number of aliphatic carboxylic acids is 2. The van der Waals surface area contributed by atoms with Crippen molar-refractivity contribution in [2.75, 3.05) is 39.5 Å². The number of benzene rings is 6. The Hall–Kier alpha value is -7.88. The second-order valence-corrected chi connectivity index (χ2v) is 19.1.